The van der Waals surface area contributed by atoms with E-state index in [1.54, 1.807) is 12.1 Å². The van der Waals surface area contributed by atoms with E-state index in [0.717, 1.165) is 22.7 Å². The Hall–Kier alpha value is -2.23. The average Bonchev–Trinajstić information content (AvgIpc) is 2.88. The summed E-state index contributed by atoms with van der Waals surface area (Å²) in [6.45, 7) is 2.32. The zero-order valence-corrected chi connectivity index (χ0v) is 10.5. The largest absolute Gasteiger partial charge is 0.454 e. The van der Waals surface area contributed by atoms with Crippen LogP contribution in [0.15, 0.2) is 42.5 Å². The highest BCUT2D eigenvalue weighted by Gasteiger charge is 2.15. The van der Waals surface area contributed by atoms with Crippen LogP contribution in [-0.2, 0) is 0 Å². The number of benzene rings is 2. The molecule has 1 atom stereocenters. The Balaban J connectivity index is 1.76. The first-order valence-electron chi connectivity index (χ1n) is 6.14. The third kappa shape index (κ3) is 2.47. The van der Waals surface area contributed by atoms with Crippen molar-refractivity contribution in [1.82, 2.24) is 0 Å². The second-order valence-corrected chi connectivity index (χ2v) is 4.49. The van der Waals surface area contributed by atoms with Crippen molar-refractivity contribution in [2.45, 2.75) is 13.0 Å². The van der Waals surface area contributed by atoms with Crippen molar-refractivity contribution in [3.05, 3.63) is 53.8 Å². The van der Waals surface area contributed by atoms with Crippen LogP contribution >= 0.6 is 0 Å². The summed E-state index contributed by atoms with van der Waals surface area (Å²) in [4.78, 5) is 0. The molecule has 1 unspecified atom stereocenters. The van der Waals surface area contributed by atoms with Gasteiger partial charge in [-0.2, -0.15) is 0 Å². The summed E-state index contributed by atoms with van der Waals surface area (Å²) in [6.07, 6.45) is 0. The van der Waals surface area contributed by atoms with E-state index in [-0.39, 0.29) is 18.7 Å². The number of halogens is 1. The lowest BCUT2D eigenvalue weighted by molar-refractivity contribution is 0.174. The van der Waals surface area contributed by atoms with E-state index in [1.807, 2.05) is 25.1 Å². The Morgan fingerprint density at radius 2 is 1.79 bits per heavy atom. The monoisotopic (exact) mass is 259 g/mol. The normalized spacial score (nSPS) is 14.2. The molecule has 3 nitrogen and oxygen atoms in total. The molecule has 0 amide bonds. The molecular formula is C15H14FNO2. The number of hydrogen-bond acceptors (Lipinski definition) is 3. The van der Waals surface area contributed by atoms with E-state index in [2.05, 4.69) is 5.32 Å². The van der Waals surface area contributed by atoms with Gasteiger partial charge in [-0.05, 0) is 48.9 Å². The van der Waals surface area contributed by atoms with Gasteiger partial charge in [0.25, 0.3) is 0 Å². The first-order chi connectivity index (χ1) is 9.22. The number of anilines is 1. The summed E-state index contributed by atoms with van der Waals surface area (Å²) in [5.41, 5.74) is 1.97. The predicted octanol–water partition coefficient (Wildman–Crippen LogP) is 3.73. The number of fused-ring (bicyclic) bond motifs is 1. The summed E-state index contributed by atoms with van der Waals surface area (Å²) in [5.74, 6) is 1.31. The third-order valence-corrected chi connectivity index (χ3v) is 3.12. The Morgan fingerprint density at radius 1 is 1.05 bits per heavy atom. The molecule has 3 rings (SSSR count). The topological polar surface area (TPSA) is 30.5 Å². The molecule has 0 fully saturated rings. The number of nitrogens with one attached hydrogen (secondary N) is 1. The highest BCUT2D eigenvalue weighted by atomic mass is 19.1. The predicted molar refractivity (Wildman–Crippen MR) is 71.0 cm³/mol. The van der Waals surface area contributed by atoms with E-state index in [0.29, 0.717) is 0 Å². The van der Waals surface area contributed by atoms with Crippen LogP contribution in [0.3, 0.4) is 0 Å². The Labute approximate surface area is 111 Å². The smallest absolute Gasteiger partial charge is 0.231 e. The molecular weight excluding hydrogens is 245 g/mol. The molecule has 0 spiro atoms. The van der Waals surface area contributed by atoms with Gasteiger partial charge in [0.15, 0.2) is 11.5 Å². The quantitative estimate of drug-likeness (QED) is 0.911. The fourth-order valence-corrected chi connectivity index (χ4v) is 2.06. The lowest BCUT2D eigenvalue weighted by atomic mass is 10.1. The van der Waals surface area contributed by atoms with Crippen molar-refractivity contribution < 1.29 is 13.9 Å². The van der Waals surface area contributed by atoms with Crippen LogP contribution in [0.1, 0.15) is 18.5 Å². The van der Waals surface area contributed by atoms with Gasteiger partial charge in [0.2, 0.25) is 6.79 Å². The number of hydrogen-bond donors (Lipinski definition) is 1. The van der Waals surface area contributed by atoms with Gasteiger partial charge in [-0.1, -0.05) is 6.07 Å². The summed E-state index contributed by atoms with van der Waals surface area (Å²) in [5, 5.41) is 3.31. The zero-order valence-electron chi connectivity index (χ0n) is 10.5. The zero-order chi connectivity index (χ0) is 13.2. The van der Waals surface area contributed by atoms with E-state index in [9.17, 15) is 4.39 Å². The van der Waals surface area contributed by atoms with Gasteiger partial charge in [0.1, 0.15) is 5.82 Å². The van der Waals surface area contributed by atoms with Crippen LogP contribution in [0, 0.1) is 5.82 Å². The first-order valence-corrected chi connectivity index (χ1v) is 6.14. The fourth-order valence-electron chi connectivity index (χ4n) is 2.06. The van der Waals surface area contributed by atoms with Gasteiger partial charge < -0.3 is 14.8 Å². The molecule has 2 aromatic rings. The Kier molecular flexibility index (Phi) is 2.99. The van der Waals surface area contributed by atoms with E-state index in [1.165, 1.54) is 12.1 Å². The second kappa shape index (κ2) is 4.80. The van der Waals surface area contributed by atoms with Crippen LogP contribution in [0.4, 0.5) is 10.1 Å². The average molecular weight is 259 g/mol. The molecule has 0 aliphatic carbocycles. The highest BCUT2D eigenvalue weighted by Crippen LogP contribution is 2.34. The maximum absolute atomic E-state index is 12.8. The molecule has 1 heterocycles. The molecule has 0 saturated carbocycles. The van der Waals surface area contributed by atoms with Crippen molar-refractivity contribution in [1.29, 1.82) is 0 Å². The van der Waals surface area contributed by atoms with Gasteiger partial charge in [-0.15, -0.1) is 0 Å². The van der Waals surface area contributed by atoms with Crippen LogP contribution in [0.2, 0.25) is 0 Å². The minimum Gasteiger partial charge on any atom is -0.454 e. The minimum atomic E-state index is -0.235. The van der Waals surface area contributed by atoms with E-state index >= 15 is 0 Å². The van der Waals surface area contributed by atoms with Crippen LogP contribution in [0.25, 0.3) is 0 Å². The van der Waals surface area contributed by atoms with Crippen LogP contribution < -0.4 is 14.8 Å². The second-order valence-electron chi connectivity index (χ2n) is 4.49. The summed E-state index contributed by atoms with van der Waals surface area (Å²) >= 11 is 0. The molecule has 98 valence electrons. The Bertz CT molecular complexity index is 583. The van der Waals surface area contributed by atoms with Gasteiger partial charge in [0, 0.05) is 11.7 Å². The lowest BCUT2D eigenvalue weighted by Gasteiger charge is -2.16. The highest BCUT2D eigenvalue weighted by molar-refractivity contribution is 5.49. The van der Waals surface area contributed by atoms with Crippen molar-refractivity contribution >= 4 is 5.69 Å². The maximum atomic E-state index is 12.8. The van der Waals surface area contributed by atoms with Gasteiger partial charge in [0.05, 0.1) is 0 Å². The van der Waals surface area contributed by atoms with Crippen LogP contribution in [-0.4, -0.2) is 6.79 Å². The number of rotatable bonds is 3. The SMILES string of the molecule is CC(Nc1ccc(F)cc1)c1ccc2c(c1)OCO2. The van der Waals surface area contributed by atoms with E-state index < -0.39 is 0 Å². The van der Waals surface area contributed by atoms with Crippen molar-refractivity contribution in [2.24, 2.45) is 0 Å². The van der Waals surface area contributed by atoms with Crippen molar-refractivity contribution in [3.63, 3.8) is 0 Å². The molecule has 1 aliphatic rings. The molecule has 2 aromatic carbocycles. The lowest BCUT2D eigenvalue weighted by Crippen LogP contribution is -2.06. The standard InChI is InChI=1S/C15H14FNO2/c1-10(17-13-5-3-12(16)4-6-13)11-2-7-14-15(8-11)19-9-18-14/h2-8,10,17H,9H2,1H3. The van der Waals surface area contributed by atoms with Crippen molar-refractivity contribution in [3.8, 4) is 11.5 Å². The minimum absolute atomic E-state index is 0.0972. The summed E-state index contributed by atoms with van der Waals surface area (Å²) < 4.78 is 23.5. The van der Waals surface area contributed by atoms with Gasteiger partial charge in [-0.3, -0.25) is 0 Å². The van der Waals surface area contributed by atoms with Crippen LogP contribution in [0.5, 0.6) is 11.5 Å². The fraction of sp³-hybridized carbons (Fsp3) is 0.200. The van der Waals surface area contributed by atoms with Gasteiger partial charge >= 0.3 is 0 Å². The Morgan fingerprint density at radius 3 is 2.58 bits per heavy atom. The summed E-state index contributed by atoms with van der Waals surface area (Å²) in [6, 6.07) is 12.3. The maximum Gasteiger partial charge on any atom is 0.231 e. The van der Waals surface area contributed by atoms with E-state index in [4.69, 9.17) is 9.47 Å². The third-order valence-electron chi connectivity index (χ3n) is 3.12. The molecule has 0 bridgehead atoms. The molecule has 1 N–H and O–H groups in total. The van der Waals surface area contributed by atoms with Crippen molar-refractivity contribution in [2.75, 3.05) is 12.1 Å². The summed E-state index contributed by atoms with van der Waals surface area (Å²) in [7, 11) is 0. The van der Waals surface area contributed by atoms with Gasteiger partial charge in [-0.25, -0.2) is 4.39 Å². The number of ether oxygens (including phenoxy) is 2. The molecule has 0 saturated heterocycles. The first kappa shape index (κ1) is 11.8. The molecule has 0 aromatic heterocycles. The molecule has 1 aliphatic heterocycles. The molecule has 19 heavy (non-hydrogen) atoms. The molecule has 4 heteroatoms. The molecule has 0 radical (unpaired) electrons.